The summed E-state index contributed by atoms with van der Waals surface area (Å²) >= 11 is 0. The number of hydrogen-bond acceptors (Lipinski definition) is 6. The molecule has 0 fully saturated rings. The van der Waals surface area contributed by atoms with Crippen LogP contribution in [0.5, 0.6) is 0 Å². The van der Waals surface area contributed by atoms with Gasteiger partial charge in [-0.3, -0.25) is 4.79 Å². The van der Waals surface area contributed by atoms with Crippen molar-refractivity contribution in [3.8, 4) is 0 Å². The highest BCUT2D eigenvalue weighted by Gasteiger charge is 2.21. The Kier molecular flexibility index (Phi) is 5.37. The Morgan fingerprint density at radius 1 is 0.968 bits per heavy atom. The van der Waals surface area contributed by atoms with Crippen LogP contribution in [0.2, 0.25) is 0 Å². The van der Waals surface area contributed by atoms with Gasteiger partial charge in [0.2, 0.25) is 5.78 Å². The fraction of sp³-hybridized carbons (Fsp3) is 0.261. The number of benzene rings is 1. The van der Waals surface area contributed by atoms with Gasteiger partial charge in [0.1, 0.15) is 0 Å². The number of nitrogens with zero attached hydrogens (tertiary/aromatic N) is 5. The number of rotatable bonds is 6. The van der Waals surface area contributed by atoms with E-state index in [2.05, 4.69) is 19.6 Å². The maximum Gasteiger partial charge on any atom is 0.378 e. The number of esters is 1. The maximum absolute atomic E-state index is 12.7. The van der Waals surface area contributed by atoms with Crippen molar-refractivity contribution in [2.24, 2.45) is 0 Å². The largest absolute Gasteiger partial charge is 0.451 e. The van der Waals surface area contributed by atoms with Gasteiger partial charge < -0.3 is 9.30 Å². The third-order valence-corrected chi connectivity index (χ3v) is 5.19. The van der Waals surface area contributed by atoms with Gasteiger partial charge in [-0.05, 0) is 45.4 Å². The third kappa shape index (κ3) is 4.09. The Labute approximate surface area is 179 Å². The lowest BCUT2D eigenvalue weighted by Gasteiger charge is -2.10. The van der Waals surface area contributed by atoms with Crippen LogP contribution in [0.25, 0.3) is 5.78 Å². The van der Waals surface area contributed by atoms with Gasteiger partial charge in [-0.15, -0.1) is 5.10 Å². The minimum absolute atomic E-state index is 0.122. The Bertz CT molecular complexity index is 1290. The van der Waals surface area contributed by atoms with E-state index in [4.69, 9.17) is 4.74 Å². The van der Waals surface area contributed by atoms with Crippen LogP contribution in [0.15, 0.2) is 42.5 Å². The van der Waals surface area contributed by atoms with Crippen molar-refractivity contribution in [3.63, 3.8) is 0 Å². The number of aromatic nitrogens is 5. The van der Waals surface area contributed by atoms with Crippen LogP contribution in [0.4, 0.5) is 0 Å². The summed E-state index contributed by atoms with van der Waals surface area (Å²) in [5.74, 6) is -0.826. The zero-order chi connectivity index (χ0) is 22.1. The zero-order valence-corrected chi connectivity index (χ0v) is 17.9. The Balaban J connectivity index is 1.47. The lowest BCUT2D eigenvalue weighted by Crippen LogP contribution is -2.16. The second-order valence-corrected chi connectivity index (χ2v) is 7.54. The van der Waals surface area contributed by atoms with Crippen molar-refractivity contribution >= 4 is 17.5 Å². The van der Waals surface area contributed by atoms with E-state index in [1.54, 1.807) is 0 Å². The Hall–Kier alpha value is -3.81. The molecule has 0 atom stereocenters. The van der Waals surface area contributed by atoms with Crippen molar-refractivity contribution in [2.45, 2.75) is 34.2 Å². The smallest absolute Gasteiger partial charge is 0.378 e. The van der Waals surface area contributed by atoms with Gasteiger partial charge >= 0.3 is 5.97 Å². The van der Waals surface area contributed by atoms with Crippen molar-refractivity contribution in [2.75, 3.05) is 6.61 Å². The first-order valence-electron chi connectivity index (χ1n) is 9.95. The van der Waals surface area contributed by atoms with E-state index in [1.807, 2.05) is 70.2 Å². The number of fused-ring (bicyclic) bond motifs is 1. The molecule has 0 saturated heterocycles. The number of carbonyl (C=O) groups is 2. The van der Waals surface area contributed by atoms with E-state index in [-0.39, 0.29) is 18.2 Å². The second-order valence-electron chi connectivity index (χ2n) is 7.54. The zero-order valence-electron chi connectivity index (χ0n) is 17.9. The molecule has 31 heavy (non-hydrogen) atoms. The van der Waals surface area contributed by atoms with Gasteiger partial charge in [0.05, 0.1) is 0 Å². The third-order valence-electron chi connectivity index (χ3n) is 5.19. The summed E-state index contributed by atoms with van der Waals surface area (Å²) in [6.07, 6.45) is 0. The van der Waals surface area contributed by atoms with E-state index in [0.29, 0.717) is 17.9 Å². The number of hydrogen-bond donors (Lipinski definition) is 0. The fourth-order valence-corrected chi connectivity index (χ4v) is 3.62. The molecule has 0 spiro atoms. The topological polar surface area (TPSA) is 91.4 Å². The van der Waals surface area contributed by atoms with Crippen LogP contribution in [0.1, 0.15) is 49.3 Å². The summed E-state index contributed by atoms with van der Waals surface area (Å²) in [7, 11) is 0. The van der Waals surface area contributed by atoms with E-state index in [0.717, 1.165) is 28.3 Å². The van der Waals surface area contributed by atoms with E-state index < -0.39 is 5.97 Å². The first kappa shape index (κ1) is 20.5. The van der Waals surface area contributed by atoms with Crippen LogP contribution in [-0.4, -0.2) is 42.5 Å². The number of carbonyl (C=O) groups excluding carboxylic acids is 2. The first-order valence-corrected chi connectivity index (χ1v) is 9.95. The first-order chi connectivity index (χ1) is 14.8. The van der Waals surface area contributed by atoms with Crippen LogP contribution < -0.4 is 0 Å². The van der Waals surface area contributed by atoms with Gasteiger partial charge in [0, 0.05) is 34.9 Å². The molecule has 4 rings (SSSR count). The van der Waals surface area contributed by atoms with Gasteiger partial charge in [0.25, 0.3) is 11.6 Å². The standard InChI is InChI=1S/C23H23N5O3/c1-14-10-16(3)28-23(24-14)25-21(26-28)22(30)31-13-20(29)19-11-15(2)27(17(19)4)12-18-8-6-5-7-9-18/h5-11H,12-13H2,1-4H3. The predicted molar refractivity (Wildman–Crippen MR) is 114 cm³/mol. The van der Waals surface area contributed by atoms with Crippen LogP contribution >= 0.6 is 0 Å². The molecule has 0 N–H and O–H groups in total. The second kappa shape index (κ2) is 8.14. The number of ether oxygens (including phenoxy) is 1. The molecular weight excluding hydrogens is 394 g/mol. The van der Waals surface area contributed by atoms with E-state index in [1.165, 1.54) is 4.52 Å². The number of ketones is 1. The monoisotopic (exact) mass is 417 g/mol. The molecule has 0 saturated carbocycles. The molecule has 8 heteroatoms. The molecule has 4 aromatic rings. The SMILES string of the molecule is Cc1cc(C)n2nc(C(=O)OCC(=O)c3cc(C)n(Cc4ccccc4)c3C)nc2n1. The molecule has 0 aliphatic carbocycles. The molecule has 0 aliphatic heterocycles. The van der Waals surface area contributed by atoms with Gasteiger partial charge in [-0.2, -0.15) is 4.98 Å². The number of Topliss-reactive ketones (excluding diaryl/α,β-unsaturated/α-hetero) is 1. The van der Waals surface area contributed by atoms with E-state index >= 15 is 0 Å². The highest BCUT2D eigenvalue weighted by molar-refractivity contribution is 6.00. The average molecular weight is 417 g/mol. The van der Waals surface area contributed by atoms with Crippen molar-refractivity contribution in [3.05, 3.63) is 82.2 Å². The molecule has 0 radical (unpaired) electrons. The molecule has 3 aromatic heterocycles. The molecular formula is C23H23N5O3. The lowest BCUT2D eigenvalue weighted by molar-refractivity contribution is 0.0462. The minimum atomic E-state index is -0.756. The molecule has 0 aliphatic rings. The molecule has 0 amide bonds. The normalized spacial score (nSPS) is 11.1. The molecule has 8 nitrogen and oxygen atoms in total. The summed E-state index contributed by atoms with van der Waals surface area (Å²) in [6, 6.07) is 13.7. The summed E-state index contributed by atoms with van der Waals surface area (Å²) in [5, 5.41) is 4.14. The quantitative estimate of drug-likeness (QED) is 0.353. The van der Waals surface area contributed by atoms with Crippen LogP contribution in [0, 0.1) is 27.7 Å². The maximum atomic E-state index is 12.7. The molecule has 3 heterocycles. The highest BCUT2D eigenvalue weighted by atomic mass is 16.5. The van der Waals surface area contributed by atoms with Gasteiger partial charge in [0.15, 0.2) is 6.61 Å². The van der Waals surface area contributed by atoms with Crippen molar-refractivity contribution < 1.29 is 14.3 Å². The van der Waals surface area contributed by atoms with Crippen LogP contribution in [-0.2, 0) is 11.3 Å². The molecule has 158 valence electrons. The lowest BCUT2D eigenvalue weighted by atomic mass is 10.1. The summed E-state index contributed by atoms with van der Waals surface area (Å²) < 4.78 is 8.75. The van der Waals surface area contributed by atoms with E-state index in [9.17, 15) is 9.59 Å². The van der Waals surface area contributed by atoms with Crippen molar-refractivity contribution in [1.29, 1.82) is 0 Å². The fourth-order valence-electron chi connectivity index (χ4n) is 3.62. The summed E-state index contributed by atoms with van der Waals surface area (Å²) in [5.41, 5.74) is 5.07. The predicted octanol–water partition coefficient (Wildman–Crippen LogP) is 3.25. The Morgan fingerprint density at radius 2 is 1.71 bits per heavy atom. The van der Waals surface area contributed by atoms with Gasteiger partial charge in [-0.1, -0.05) is 30.3 Å². The molecule has 0 bridgehead atoms. The van der Waals surface area contributed by atoms with Gasteiger partial charge in [-0.25, -0.2) is 14.3 Å². The minimum Gasteiger partial charge on any atom is -0.451 e. The molecule has 0 unspecified atom stereocenters. The number of aryl methyl sites for hydroxylation is 3. The summed E-state index contributed by atoms with van der Waals surface area (Å²) in [4.78, 5) is 33.5. The van der Waals surface area contributed by atoms with Crippen molar-refractivity contribution in [1.82, 2.24) is 24.1 Å². The highest BCUT2D eigenvalue weighted by Crippen LogP contribution is 2.18. The molecule has 1 aromatic carbocycles. The van der Waals surface area contributed by atoms with Crippen LogP contribution in [0.3, 0.4) is 0 Å². The summed E-state index contributed by atoms with van der Waals surface area (Å²) in [6.45, 7) is 7.83. The average Bonchev–Trinajstić information content (AvgIpc) is 3.29. The Morgan fingerprint density at radius 3 is 2.45 bits per heavy atom.